The van der Waals surface area contributed by atoms with Crippen LogP contribution in [0.25, 0.3) is 10.4 Å². The molecule has 0 heterocycles. The second kappa shape index (κ2) is 1.68. The van der Waals surface area contributed by atoms with E-state index in [1.54, 1.807) is 0 Å². The van der Waals surface area contributed by atoms with Gasteiger partial charge in [-0.25, -0.2) is 0 Å². The number of carbonyl (C=O) groups is 1. The lowest BCUT2D eigenvalue weighted by Gasteiger charge is -2.27. The molecule has 0 aromatic heterocycles. The van der Waals surface area contributed by atoms with Crippen molar-refractivity contribution >= 4 is 5.97 Å². The molecule has 0 amide bonds. The van der Waals surface area contributed by atoms with Gasteiger partial charge in [-0.1, -0.05) is 5.11 Å². The first kappa shape index (κ1) is 6.49. The standard InChI is InChI=1S/C6H7N3O2/c7-9-8-4-2-6(5(10)11)1-3(4)6/h3-4H,1-2H2,(H,10,11)/t3-,4-,6-/m0/s1. The highest BCUT2D eigenvalue weighted by Crippen LogP contribution is 2.68. The maximum Gasteiger partial charge on any atom is 0.309 e. The van der Waals surface area contributed by atoms with E-state index < -0.39 is 11.4 Å². The molecule has 2 fully saturated rings. The summed E-state index contributed by atoms with van der Waals surface area (Å²) >= 11 is 0. The van der Waals surface area contributed by atoms with Gasteiger partial charge in [-0.3, -0.25) is 4.79 Å². The average Bonchev–Trinajstić information content (AvgIpc) is 2.52. The fraction of sp³-hybridized carbons (Fsp3) is 0.833. The van der Waals surface area contributed by atoms with Crippen LogP contribution < -0.4 is 0 Å². The molecule has 11 heavy (non-hydrogen) atoms. The SMILES string of the molecule is [N-]=[N+]=N[C@H]1C[C@@]2(C(=O)O)C[C@@H]12. The maximum absolute atomic E-state index is 10.6. The summed E-state index contributed by atoms with van der Waals surface area (Å²) in [6, 6.07) is -0.0453. The molecule has 0 aliphatic heterocycles. The van der Waals surface area contributed by atoms with Crippen molar-refractivity contribution in [3.63, 3.8) is 0 Å². The zero-order chi connectivity index (χ0) is 8.06. The maximum atomic E-state index is 10.6. The van der Waals surface area contributed by atoms with Gasteiger partial charge in [0.1, 0.15) is 0 Å². The molecule has 0 unspecified atom stereocenters. The molecule has 3 atom stereocenters. The summed E-state index contributed by atoms with van der Waals surface area (Å²) in [7, 11) is 0. The Bertz CT molecular complexity index is 271. The number of hydrogen-bond donors (Lipinski definition) is 1. The first-order valence-corrected chi connectivity index (χ1v) is 3.48. The van der Waals surface area contributed by atoms with E-state index in [0.717, 1.165) is 0 Å². The molecule has 0 aromatic carbocycles. The van der Waals surface area contributed by atoms with Crippen LogP contribution in [0.5, 0.6) is 0 Å². The van der Waals surface area contributed by atoms with Crippen molar-refractivity contribution < 1.29 is 9.90 Å². The molecule has 2 saturated carbocycles. The number of fused-ring (bicyclic) bond motifs is 1. The van der Waals surface area contributed by atoms with E-state index in [1.807, 2.05) is 0 Å². The smallest absolute Gasteiger partial charge is 0.309 e. The first-order valence-electron chi connectivity index (χ1n) is 3.48. The van der Waals surface area contributed by atoms with Crippen molar-refractivity contribution in [3.8, 4) is 0 Å². The molecule has 0 radical (unpaired) electrons. The minimum atomic E-state index is -0.730. The fourth-order valence-electron chi connectivity index (χ4n) is 1.95. The Balaban J connectivity index is 2.05. The molecular formula is C6H7N3O2. The van der Waals surface area contributed by atoms with Crippen molar-refractivity contribution in [2.75, 3.05) is 0 Å². The Morgan fingerprint density at radius 3 is 2.82 bits per heavy atom. The van der Waals surface area contributed by atoms with Crippen molar-refractivity contribution in [2.24, 2.45) is 16.4 Å². The summed E-state index contributed by atoms with van der Waals surface area (Å²) in [5.41, 5.74) is 7.58. The highest BCUT2D eigenvalue weighted by atomic mass is 16.4. The van der Waals surface area contributed by atoms with E-state index >= 15 is 0 Å². The van der Waals surface area contributed by atoms with Crippen LogP contribution in [0.15, 0.2) is 5.11 Å². The van der Waals surface area contributed by atoms with Gasteiger partial charge in [0.15, 0.2) is 0 Å². The fourth-order valence-corrected chi connectivity index (χ4v) is 1.95. The van der Waals surface area contributed by atoms with E-state index in [4.69, 9.17) is 10.6 Å². The van der Waals surface area contributed by atoms with Crippen molar-refractivity contribution in [1.82, 2.24) is 0 Å². The molecule has 5 heteroatoms. The molecule has 0 bridgehead atoms. The van der Waals surface area contributed by atoms with Crippen molar-refractivity contribution in [1.29, 1.82) is 0 Å². The second-order valence-electron chi connectivity index (χ2n) is 3.25. The van der Waals surface area contributed by atoms with Gasteiger partial charge >= 0.3 is 5.97 Å². The Morgan fingerprint density at radius 2 is 2.45 bits per heavy atom. The topological polar surface area (TPSA) is 86.1 Å². The molecule has 0 aromatic rings. The van der Waals surface area contributed by atoms with Gasteiger partial charge < -0.3 is 5.11 Å². The van der Waals surface area contributed by atoms with E-state index in [2.05, 4.69) is 10.0 Å². The van der Waals surface area contributed by atoms with Gasteiger partial charge in [0.2, 0.25) is 0 Å². The number of hydrogen-bond acceptors (Lipinski definition) is 2. The van der Waals surface area contributed by atoms with Crippen LogP contribution in [0.4, 0.5) is 0 Å². The van der Waals surface area contributed by atoms with E-state index in [0.29, 0.717) is 12.8 Å². The molecular weight excluding hydrogens is 146 g/mol. The van der Waals surface area contributed by atoms with E-state index in [-0.39, 0.29) is 12.0 Å². The number of carboxylic acids is 1. The lowest BCUT2D eigenvalue weighted by molar-refractivity contribution is -0.147. The van der Waals surface area contributed by atoms with Gasteiger partial charge in [0, 0.05) is 11.0 Å². The minimum absolute atomic E-state index is 0.0453. The highest BCUT2D eigenvalue weighted by molar-refractivity contribution is 5.81. The van der Waals surface area contributed by atoms with Crippen LogP contribution in [0.1, 0.15) is 12.8 Å². The van der Waals surface area contributed by atoms with Crippen LogP contribution >= 0.6 is 0 Å². The molecule has 2 rings (SSSR count). The zero-order valence-corrected chi connectivity index (χ0v) is 5.77. The van der Waals surface area contributed by atoms with Gasteiger partial charge in [-0.15, -0.1) is 0 Å². The Labute approximate surface area is 62.6 Å². The van der Waals surface area contributed by atoms with Crippen LogP contribution in [-0.2, 0) is 4.79 Å². The number of rotatable bonds is 2. The average molecular weight is 153 g/mol. The quantitative estimate of drug-likeness (QED) is 0.366. The Morgan fingerprint density at radius 1 is 1.73 bits per heavy atom. The largest absolute Gasteiger partial charge is 0.481 e. The van der Waals surface area contributed by atoms with Crippen molar-refractivity contribution in [3.05, 3.63) is 10.4 Å². The van der Waals surface area contributed by atoms with Gasteiger partial charge in [0.05, 0.1) is 5.41 Å². The normalized spacial score (nSPS) is 44.7. The van der Waals surface area contributed by atoms with Gasteiger partial charge in [0.25, 0.3) is 0 Å². The summed E-state index contributed by atoms with van der Waals surface area (Å²) in [4.78, 5) is 13.2. The van der Waals surface area contributed by atoms with E-state index in [1.165, 1.54) is 0 Å². The summed E-state index contributed by atoms with van der Waals surface area (Å²) < 4.78 is 0. The van der Waals surface area contributed by atoms with Crippen LogP contribution in [0.2, 0.25) is 0 Å². The molecule has 1 N–H and O–H groups in total. The third kappa shape index (κ3) is 0.607. The predicted molar refractivity (Wildman–Crippen MR) is 35.7 cm³/mol. The molecule has 58 valence electrons. The highest BCUT2D eigenvalue weighted by Gasteiger charge is 2.71. The molecule has 2 aliphatic carbocycles. The lowest BCUT2D eigenvalue weighted by Crippen LogP contribution is -2.35. The summed E-state index contributed by atoms with van der Waals surface area (Å²) in [6.45, 7) is 0. The summed E-state index contributed by atoms with van der Waals surface area (Å²) in [5, 5.41) is 12.2. The van der Waals surface area contributed by atoms with Crippen molar-refractivity contribution in [2.45, 2.75) is 18.9 Å². The summed E-state index contributed by atoms with van der Waals surface area (Å²) in [5.74, 6) is -0.595. The Hall–Kier alpha value is -1.22. The molecule has 5 nitrogen and oxygen atoms in total. The predicted octanol–water partition coefficient (Wildman–Crippen LogP) is 1.16. The molecule has 2 aliphatic rings. The Kier molecular flexibility index (Phi) is 0.991. The second-order valence-corrected chi connectivity index (χ2v) is 3.25. The summed E-state index contributed by atoms with van der Waals surface area (Å²) in [6.07, 6.45) is 1.24. The van der Waals surface area contributed by atoms with Crippen LogP contribution in [0, 0.1) is 11.3 Å². The van der Waals surface area contributed by atoms with E-state index in [9.17, 15) is 4.79 Å². The zero-order valence-electron chi connectivity index (χ0n) is 5.77. The number of aliphatic carboxylic acids is 1. The van der Waals surface area contributed by atoms with Crippen LogP contribution in [0.3, 0.4) is 0 Å². The minimum Gasteiger partial charge on any atom is -0.481 e. The third-order valence-corrected chi connectivity index (χ3v) is 2.80. The van der Waals surface area contributed by atoms with Gasteiger partial charge in [-0.2, -0.15) is 0 Å². The number of carboxylic acid groups (broad SMARTS) is 1. The van der Waals surface area contributed by atoms with Crippen LogP contribution in [-0.4, -0.2) is 17.1 Å². The van der Waals surface area contributed by atoms with Gasteiger partial charge in [-0.05, 0) is 24.3 Å². The third-order valence-electron chi connectivity index (χ3n) is 2.80. The lowest BCUT2D eigenvalue weighted by atomic mass is 9.80. The monoisotopic (exact) mass is 153 g/mol. The number of nitrogens with zero attached hydrogens (tertiary/aromatic N) is 3. The first-order chi connectivity index (χ1) is 5.20. The molecule has 0 saturated heterocycles. The number of azide groups is 1. The molecule has 0 spiro atoms.